The van der Waals surface area contributed by atoms with Crippen molar-refractivity contribution in [2.45, 2.75) is 38.0 Å². The molecule has 3 atom stereocenters. The van der Waals surface area contributed by atoms with Gasteiger partial charge in [0.05, 0.1) is 12.2 Å². The average Bonchev–Trinajstić information content (AvgIpc) is 2.58. The number of nitrogens with two attached hydrogens (primary N) is 1. The van der Waals surface area contributed by atoms with Gasteiger partial charge in [-0.15, -0.1) is 0 Å². The minimum atomic E-state index is -0.357. The fourth-order valence-electron chi connectivity index (χ4n) is 1.94. The first kappa shape index (κ1) is 13.4. The monoisotopic (exact) mass is 229 g/mol. The van der Waals surface area contributed by atoms with E-state index in [-0.39, 0.29) is 24.2 Å². The highest BCUT2D eigenvalue weighted by Gasteiger charge is 2.32. The summed E-state index contributed by atoms with van der Waals surface area (Å²) in [5.41, 5.74) is 5.38. The van der Waals surface area contributed by atoms with Crippen LogP contribution in [-0.4, -0.2) is 56.2 Å². The molecule has 0 saturated carbocycles. The Hall–Kier alpha value is -0.650. The molecule has 1 aliphatic heterocycles. The molecule has 1 fully saturated rings. The Balaban J connectivity index is 2.39. The largest absolute Gasteiger partial charge is 0.373 e. The van der Waals surface area contributed by atoms with Gasteiger partial charge in [0, 0.05) is 13.1 Å². The number of hydrogen-bond acceptors (Lipinski definition) is 4. The van der Waals surface area contributed by atoms with Crippen molar-refractivity contribution in [1.29, 1.82) is 0 Å². The molecule has 1 aliphatic rings. The van der Waals surface area contributed by atoms with Crippen LogP contribution in [0.1, 0.15) is 19.8 Å². The molecule has 0 aromatic rings. The van der Waals surface area contributed by atoms with Crippen molar-refractivity contribution in [2.24, 2.45) is 5.73 Å². The van der Waals surface area contributed by atoms with Gasteiger partial charge in [0.15, 0.2) is 0 Å². The lowest BCUT2D eigenvalue weighted by atomic mass is 10.1. The summed E-state index contributed by atoms with van der Waals surface area (Å²) in [7, 11) is 3.99. The van der Waals surface area contributed by atoms with Gasteiger partial charge < -0.3 is 20.7 Å². The van der Waals surface area contributed by atoms with Gasteiger partial charge in [-0.2, -0.15) is 0 Å². The third-order valence-corrected chi connectivity index (χ3v) is 2.87. The predicted octanol–water partition coefficient (Wildman–Crippen LogP) is -0.441. The normalized spacial score (nSPS) is 27.2. The SMILES string of the molecule is CC1CCC(C(NCCN(C)C)C(N)=O)O1. The van der Waals surface area contributed by atoms with Gasteiger partial charge in [0.25, 0.3) is 0 Å². The zero-order valence-electron chi connectivity index (χ0n) is 10.4. The van der Waals surface area contributed by atoms with E-state index in [0.29, 0.717) is 0 Å². The number of nitrogens with zero attached hydrogens (tertiary/aromatic N) is 1. The molecule has 94 valence electrons. The number of primary amides is 1. The summed E-state index contributed by atoms with van der Waals surface area (Å²) in [6.45, 7) is 3.65. The van der Waals surface area contributed by atoms with Gasteiger partial charge in [-0.25, -0.2) is 0 Å². The number of hydrogen-bond donors (Lipinski definition) is 2. The van der Waals surface area contributed by atoms with Gasteiger partial charge in [-0.05, 0) is 33.9 Å². The topological polar surface area (TPSA) is 67.6 Å². The summed E-state index contributed by atoms with van der Waals surface area (Å²) >= 11 is 0. The van der Waals surface area contributed by atoms with E-state index < -0.39 is 0 Å². The number of amides is 1. The van der Waals surface area contributed by atoms with Crippen molar-refractivity contribution in [2.75, 3.05) is 27.2 Å². The second kappa shape index (κ2) is 6.18. The molecule has 1 rings (SSSR count). The molecule has 0 aromatic heterocycles. The zero-order chi connectivity index (χ0) is 12.1. The van der Waals surface area contributed by atoms with E-state index in [4.69, 9.17) is 10.5 Å². The number of carbonyl (C=O) groups excluding carboxylic acids is 1. The highest BCUT2D eigenvalue weighted by atomic mass is 16.5. The number of ether oxygens (including phenoxy) is 1. The van der Waals surface area contributed by atoms with Crippen LogP contribution < -0.4 is 11.1 Å². The maximum Gasteiger partial charge on any atom is 0.237 e. The van der Waals surface area contributed by atoms with Crippen LogP contribution in [0.25, 0.3) is 0 Å². The van der Waals surface area contributed by atoms with E-state index in [1.54, 1.807) is 0 Å². The number of carbonyl (C=O) groups is 1. The molecule has 0 aliphatic carbocycles. The Morgan fingerprint density at radius 2 is 2.25 bits per heavy atom. The van der Waals surface area contributed by atoms with Crippen LogP contribution in [-0.2, 0) is 9.53 Å². The Morgan fingerprint density at radius 1 is 1.56 bits per heavy atom. The quantitative estimate of drug-likeness (QED) is 0.648. The predicted molar refractivity (Wildman–Crippen MR) is 63.1 cm³/mol. The minimum Gasteiger partial charge on any atom is -0.373 e. The lowest BCUT2D eigenvalue weighted by molar-refractivity contribution is -0.123. The maximum atomic E-state index is 11.3. The van der Waals surface area contributed by atoms with Crippen molar-refractivity contribution in [3.05, 3.63) is 0 Å². The second-order valence-corrected chi connectivity index (χ2v) is 4.70. The van der Waals surface area contributed by atoms with Gasteiger partial charge in [-0.3, -0.25) is 4.79 Å². The first-order valence-corrected chi connectivity index (χ1v) is 5.83. The highest BCUT2D eigenvalue weighted by Crippen LogP contribution is 2.21. The summed E-state index contributed by atoms with van der Waals surface area (Å²) in [6, 6.07) is -0.357. The van der Waals surface area contributed by atoms with Crippen molar-refractivity contribution in [1.82, 2.24) is 10.2 Å². The fraction of sp³-hybridized carbons (Fsp3) is 0.909. The summed E-state index contributed by atoms with van der Waals surface area (Å²) in [5.74, 6) is -0.321. The Bertz CT molecular complexity index is 233. The Labute approximate surface area is 97.3 Å². The van der Waals surface area contributed by atoms with Crippen molar-refractivity contribution in [3.63, 3.8) is 0 Å². The highest BCUT2D eigenvalue weighted by molar-refractivity contribution is 5.80. The first-order valence-electron chi connectivity index (χ1n) is 5.83. The van der Waals surface area contributed by atoms with Crippen molar-refractivity contribution < 1.29 is 9.53 Å². The van der Waals surface area contributed by atoms with Gasteiger partial charge in [-0.1, -0.05) is 0 Å². The molecule has 3 N–H and O–H groups in total. The van der Waals surface area contributed by atoms with Crippen LogP contribution >= 0.6 is 0 Å². The molecule has 1 heterocycles. The maximum absolute atomic E-state index is 11.3. The molecule has 0 aromatic carbocycles. The van der Waals surface area contributed by atoms with Crippen LogP contribution in [0.3, 0.4) is 0 Å². The van der Waals surface area contributed by atoms with Crippen LogP contribution in [0.5, 0.6) is 0 Å². The Kier molecular flexibility index (Phi) is 5.18. The van der Waals surface area contributed by atoms with Crippen LogP contribution in [0.2, 0.25) is 0 Å². The summed E-state index contributed by atoms with van der Waals surface area (Å²) < 4.78 is 5.67. The fourth-order valence-corrected chi connectivity index (χ4v) is 1.94. The van der Waals surface area contributed by atoms with Crippen LogP contribution in [0.15, 0.2) is 0 Å². The van der Waals surface area contributed by atoms with E-state index in [1.807, 2.05) is 21.0 Å². The molecule has 0 bridgehead atoms. The summed E-state index contributed by atoms with van der Waals surface area (Å²) in [4.78, 5) is 13.4. The van der Waals surface area contributed by atoms with Crippen molar-refractivity contribution >= 4 is 5.91 Å². The number of likely N-dealkylation sites (N-methyl/N-ethyl adjacent to an activating group) is 1. The van der Waals surface area contributed by atoms with E-state index in [1.165, 1.54) is 0 Å². The van der Waals surface area contributed by atoms with Gasteiger partial charge in [0.2, 0.25) is 5.91 Å². The van der Waals surface area contributed by atoms with E-state index in [2.05, 4.69) is 10.2 Å². The molecule has 0 radical (unpaired) electrons. The first-order chi connectivity index (χ1) is 7.50. The standard InChI is InChI=1S/C11H23N3O2/c1-8-4-5-9(16-8)10(11(12)15)13-6-7-14(2)3/h8-10,13H,4-7H2,1-3H3,(H2,12,15). The lowest BCUT2D eigenvalue weighted by Crippen LogP contribution is -2.50. The molecular formula is C11H23N3O2. The zero-order valence-corrected chi connectivity index (χ0v) is 10.4. The van der Waals surface area contributed by atoms with E-state index >= 15 is 0 Å². The molecule has 1 amide bonds. The molecule has 16 heavy (non-hydrogen) atoms. The third-order valence-electron chi connectivity index (χ3n) is 2.87. The molecule has 1 saturated heterocycles. The minimum absolute atomic E-state index is 0.0605. The smallest absolute Gasteiger partial charge is 0.237 e. The molecule has 5 heteroatoms. The summed E-state index contributed by atoms with van der Waals surface area (Å²) in [5, 5.41) is 3.17. The molecular weight excluding hydrogens is 206 g/mol. The van der Waals surface area contributed by atoms with E-state index in [0.717, 1.165) is 25.9 Å². The van der Waals surface area contributed by atoms with E-state index in [9.17, 15) is 4.79 Å². The lowest BCUT2D eigenvalue weighted by Gasteiger charge is -2.22. The average molecular weight is 229 g/mol. The van der Waals surface area contributed by atoms with Crippen molar-refractivity contribution in [3.8, 4) is 0 Å². The molecule has 5 nitrogen and oxygen atoms in total. The summed E-state index contributed by atoms with van der Waals surface area (Å²) in [6.07, 6.45) is 2.09. The van der Waals surface area contributed by atoms with Gasteiger partial charge >= 0.3 is 0 Å². The second-order valence-electron chi connectivity index (χ2n) is 4.70. The van der Waals surface area contributed by atoms with Crippen LogP contribution in [0, 0.1) is 0 Å². The number of rotatable bonds is 6. The molecule has 3 unspecified atom stereocenters. The number of nitrogens with one attached hydrogen (secondary N) is 1. The van der Waals surface area contributed by atoms with Crippen LogP contribution in [0.4, 0.5) is 0 Å². The Morgan fingerprint density at radius 3 is 2.69 bits per heavy atom. The molecule has 0 spiro atoms. The van der Waals surface area contributed by atoms with Gasteiger partial charge in [0.1, 0.15) is 6.04 Å². The third kappa shape index (κ3) is 4.08.